The number of nitrogens with zero attached hydrogens (tertiary/aromatic N) is 1. The van der Waals surface area contributed by atoms with Crippen molar-refractivity contribution in [3.8, 4) is 0 Å². The number of carbonyl (C=O) groups is 1. The monoisotopic (exact) mass is 214 g/mol. The molecular formula is C11H22N2O2. The van der Waals surface area contributed by atoms with E-state index in [0.717, 1.165) is 32.5 Å². The maximum atomic E-state index is 12.0. The molecule has 0 aromatic rings. The molecular weight excluding hydrogens is 192 g/mol. The topological polar surface area (TPSA) is 52.6 Å². The minimum Gasteiger partial charge on any atom is -0.394 e. The van der Waals surface area contributed by atoms with Crippen LogP contribution < -0.4 is 5.32 Å². The van der Waals surface area contributed by atoms with E-state index in [-0.39, 0.29) is 24.5 Å². The van der Waals surface area contributed by atoms with Gasteiger partial charge in [-0.2, -0.15) is 0 Å². The number of likely N-dealkylation sites (tertiary alicyclic amines) is 1. The van der Waals surface area contributed by atoms with Gasteiger partial charge in [0.05, 0.1) is 12.6 Å². The van der Waals surface area contributed by atoms with Crippen molar-refractivity contribution in [3.05, 3.63) is 0 Å². The summed E-state index contributed by atoms with van der Waals surface area (Å²) in [6, 6.07) is 0.0570. The van der Waals surface area contributed by atoms with Gasteiger partial charge in [0.1, 0.15) is 0 Å². The standard InChI is InChI=1S/C11H22N2O2/c1-3-12-7-9(2)11(15)13-6-4-5-10(13)8-14/h9-10,12,14H,3-8H2,1-2H3/t9?,10-/m1/s1. The van der Waals surface area contributed by atoms with Crippen LogP contribution in [0.4, 0.5) is 0 Å². The van der Waals surface area contributed by atoms with Crippen molar-refractivity contribution in [2.45, 2.75) is 32.7 Å². The summed E-state index contributed by atoms with van der Waals surface area (Å²) >= 11 is 0. The average Bonchev–Trinajstić information content (AvgIpc) is 2.72. The molecule has 0 bridgehead atoms. The van der Waals surface area contributed by atoms with Gasteiger partial charge in [0.25, 0.3) is 0 Å². The number of nitrogens with one attached hydrogen (secondary N) is 1. The molecule has 0 aliphatic carbocycles. The van der Waals surface area contributed by atoms with E-state index in [4.69, 9.17) is 5.11 Å². The smallest absolute Gasteiger partial charge is 0.227 e. The summed E-state index contributed by atoms with van der Waals surface area (Å²) in [5.41, 5.74) is 0. The first-order valence-corrected chi connectivity index (χ1v) is 5.82. The highest BCUT2D eigenvalue weighted by Gasteiger charge is 2.30. The van der Waals surface area contributed by atoms with Gasteiger partial charge in [-0.3, -0.25) is 4.79 Å². The largest absolute Gasteiger partial charge is 0.394 e. The van der Waals surface area contributed by atoms with E-state index in [1.807, 2.05) is 18.7 Å². The summed E-state index contributed by atoms with van der Waals surface area (Å²) in [6.07, 6.45) is 1.96. The van der Waals surface area contributed by atoms with Crippen LogP contribution in [-0.2, 0) is 4.79 Å². The quantitative estimate of drug-likeness (QED) is 0.688. The lowest BCUT2D eigenvalue weighted by molar-refractivity contribution is -0.136. The summed E-state index contributed by atoms with van der Waals surface area (Å²) in [5, 5.41) is 12.3. The predicted octanol–water partition coefficient (Wildman–Crippen LogP) is 0.215. The normalized spacial score (nSPS) is 23.1. The van der Waals surface area contributed by atoms with E-state index in [1.54, 1.807) is 0 Å². The van der Waals surface area contributed by atoms with Gasteiger partial charge in [0.15, 0.2) is 0 Å². The fourth-order valence-corrected chi connectivity index (χ4v) is 2.05. The van der Waals surface area contributed by atoms with Gasteiger partial charge in [-0.15, -0.1) is 0 Å². The summed E-state index contributed by atoms with van der Waals surface area (Å²) < 4.78 is 0. The molecule has 1 amide bonds. The Morgan fingerprint density at radius 1 is 1.67 bits per heavy atom. The van der Waals surface area contributed by atoms with E-state index in [9.17, 15) is 4.79 Å². The summed E-state index contributed by atoms with van der Waals surface area (Å²) in [7, 11) is 0. The van der Waals surface area contributed by atoms with Crippen molar-refractivity contribution in [1.29, 1.82) is 0 Å². The van der Waals surface area contributed by atoms with Crippen LogP contribution in [-0.4, -0.2) is 48.2 Å². The highest BCUT2D eigenvalue weighted by Crippen LogP contribution is 2.18. The van der Waals surface area contributed by atoms with Crippen LogP contribution in [0, 0.1) is 5.92 Å². The SMILES string of the molecule is CCNCC(C)C(=O)N1CCC[C@@H]1CO. The fourth-order valence-electron chi connectivity index (χ4n) is 2.05. The molecule has 1 unspecified atom stereocenters. The molecule has 2 atom stereocenters. The van der Waals surface area contributed by atoms with E-state index in [2.05, 4.69) is 5.32 Å². The van der Waals surface area contributed by atoms with Crippen LogP contribution in [0.15, 0.2) is 0 Å². The number of carbonyl (C=O) groups excluding carboxylic acids is 1. The lowest BCUT2D eigenvalue weighted by Crippen LogP contribution is -2.43. The minimum atomic E-state index is 0.0112. The molecule has 0 saturated carbocycles. The molecule has 1 heterocycles. The molecule has 0 aromatic heterocycles. The van der Waals surface area contributed by atoms with Gasteiger partial charge in [-0.1, -0.05) is 13.8 Å². The number of amides is 1. The molecule has 1 aliphatic rings. The molecule has 1 fully saturated rings. The lowest BCUT2D eigenvalue weighted by Gasteiger charge is -2.26. The first-order valence-electron chi connectivity index (χ1n) is 5.82. The molecule has 15 heavy (non-hydrogen) atoms. The molecule has 1 aliphatic heterocycles. The Balaban J connectivity index is 2.44. The molecule has 0 radical (unpaired) electrons. The lowest BCUT2D eigenvalue weighted by atomic mass is 10.1. The maximum Gasteiger partial charge on any atom is 0.227 e. The van der Waals surface area contributed by atoms with Crippen LogP contribution in [0.1, 0.15) is 26.7 Å². The first kappa shape index (κ1) is 12.5. The predicted molar refractivity (Wildman–Crippen MR) is 59.5 cm³/mol. The Hall–Kier alpha value is -0.610. The number of aliphatic hydroxyl groups excluding tert-OH is 1. The zero-order chi connectivity index (χ0) is 11.3. The van der Waals surface area contributed by atoms with E-state index in [1.165, 1.54) is 0 Å². The van der Waals surface area contributed by atoms with Crippen LogP contribution in [0.25, 0.3) is 0 Å². The molecule has 4 nitrogen and oxygen atoms in total. The van der Waals surface area contributed by atoms with Crippen molar-refractivity contribution in [3.63, 3.8) is 0 Å². The van der Waals surface area contributed by atoms with Gasteiger partial charge < -0.3 is 15.3 Å². The zero-order valence-electron chi connectivity index (χ0n) is 9.70. The molecule has 0 spiro atoms. The van der Waals surface area contributed by atoms with Crippen LogP contribution in [0.3, 0.4) is 0 Å². The molecule has 4 heteroatoms. The Bertz CT molecular complexity index is 209. The Kier molecular flexibility index (Phi) is 5.05. The van der Waals surface area contributed by atoms with Crippen molar-refractivity contribution in [2.24, 2.45) is 5.92 Å². The second kappa shape index (κ2) is 6.08. The van der Waals surface area contributed by atoms with Gasteiger partial charge in [0, 0.05) is 19.0 Å². The third kappa shape index (κ3) is 3.18. The second-order valence-corrected chi connectivity index (χ2v) is 4.22. The third-order valence-corrected chi connectivity index (χ3v) is 2.99. The Morgan fingerprint density at radius 3 is 3.00 bits per heavy atom. The van der Waals surface area contributed by atoms with Gasteiger partial charge in [-0.05, 0) is 19.4 Å². The van der Waals surface area contributed by atoms with Crippen molar-refractivity contribution < 1.29 is 9.90 Å². The number of hydrogen-bond acceptors (Lipinski definition) is 3. The van der Waals surface area contributed by atoms with Crippen molar-refractivity contribution in [2.75, 3.05) is 26.2 Å². The molecule has 2 N–H and O–H groups in total. The number of hydrogen-bond donors (Lipinski definition) is 2. The average molecular weight is 214 g/mol. The highest BCUT2D eigenvalue weighted by molar-refractivity contribution is 5.79. The number of rotatable bonds is 5. The second-order valence-electron chi connectivity index (χ2n) is 4.22. The van der Waals surface area contributed by atoms with Crippen LogP contribution in [0.2, 0.25) is 0 Å². The van der Waals surface area contributed by atoms with Crippen LogP contribution >= 0.6 is 0 Å². The molecule has 0 aromatic carbocycles. The van der Waals surface area contributed by atoms with Gasteiger partial charge in [-0.25, -0.2) is 0 Å². The Morgan fingerprint density at radius 2 is 2.40 bits per heavy atom. The first-order chi connectivity index (χ1) is 7.20. The summed E-state index contributed by atoms with van der Waals surface area (Å²) in [6.45, 7) is 6.49. The van der Waals surface area contributed by atoms with Gasteiger partial charge >= 0.3 is 0 Å². The maximum absolute atomic E-state index is 12.0. The van der Waals surface area contributed by atoms with Crippen molar-refractivity contribution in [1.82, 2.24) is 10.2 Å². The molecule has 1 saturated heterocycles. The van der Waals surface area contributed by atoms with E-state index in [0.29, 0.717) is 0 Å². The molecule has 88 valence electrons. The third-order valence-electron chi connectivity index (χ3n) is 2.99. The summed E-state index contributed by atoms with van der Waals surface area (Å²) in [4.78, 5) is 13.8. The fraction of sp³-hybridized carbons (Fsp3) is 0.909. The van der Waals surface area contributed by atoms with Crippen molar-refractivity contribution >= 4 is 5.91 Å². The zero-order valence-corrected chi connectivity index (χ0v) is 9.70. The van der Waals surface area contributed by atoms with Crippen LogP contribution in [0.5, 0.6) is 0 Å². The van der Waals surface area contributed by atoms with E-state index < -0.39 is 0 Å². The minimum absolute atomic E-state index is 0.0112. The summed E-state index contributed by atoms with van der Waals surface area (Å²) in [5.74, 6) is 0.185. The number of aliphatic hydroxyl groups is 1. The molecule has 1 rings (SSSR count). The highest BCUT2D eigenvalue weighted by atomic mass is 16.3. The Labute approximate surface area is 91.6 Å². The van der Waals surface area contributed by atoms with Gasteiger partial charge in [0.2, 0.25) is 5.91 Å². The van der Waals surface area contributed by atoms with E-state index >= 15 is 0 Å².